The van der Waals surface area contributed by atoms with Crippen LogP contribution < -0.4 is 10.0 Å². The molecular weight excluding hydrogens is 248 g/mol. The SMILES string of the molecule is CNCc1ccccc1NS(=O)(=O)C1CCCC1. The molecule has 100 valence electrons. The van der Waals surface area contributed by atoms with E-state index >= 15 is 0 Å². The third kappa shape index (κ3) is 3.03. The van der Waals surface area contributed by atoms with E-state index in [9.17, 15) is 8.42 Å². The first-order valence-electron chi connectivity index (χ1n) is 6.37. The van der Waals surface area contributed by atoms with Crippen LogP contribution in [-0.4, -0.2) is 20.7 Å². The van der Waals surface area contributed by atoms with Crippen LogP contribution in [0.1, 0.15) is 31.2 Å². The lowest BCUT2D eigenvalue weighted by molar-refractivity contribution is 0.585. The molecule has 0 heterocycles. The fourth-order valence-corrected chi connectivity index (χ4v) is 4.03. The first-order chi connectivity index (χ1) is 8.63. The summed E-state index contributed by atoms with van der Waals surface area (Å²) in [6.07, 6.45) is 3.60. The van der Waals surface area contributed by atoms with E-state index in [1.165, 1.54) is 0 Å². The van der Waals surface area contributed by atoms with Crippen LogP contribution in [0.5, 0.6) is 0 Å². The van der Waals surface area contributed by atoms with Crippen LogP contribution >= 0.6 is 0 Å². The zero-order valence-corrected chi connectivity index (χ0v) is 11.5. The van der Waals surface area contributed by atoms with E-state index in [0.29, 0.717) is 12.2 Å². The summed E-state index contributed by atoms with van der Waals surface area (Å²) in [5.74, 6) is 0. The minimum Gasteiger partial charge on any atom is -0.316 e. The van der Waals surface area contributed by atoms with Gasteiger partial charge in [0.15, 0.2) is 0 Å². The van der Waals surface area contributed by atoms with Gasteiger partial charge in [-0.05, 0) is 31.5 Å². The summed E-state index contributed by atoms with van der Waals surface area (Å²) in [6, 6.07) is 7.52. The van der Waals surface area contributed by atoms with Gasteiger partial charge >= 0.3 is 0 Å². The normalized spacial score (nSPS) is 16.9. The highest BCUT2D eigenvalue weighted by Crippen LogP contribution is 2.27. The Labute approximate surface area is 109 Å². The van der Waals surface area contributed by atoms with Crippen LogP contribution in [0.3, 0.4) is 0 Å². The van der Waals surface area contributed by atoms with Crippen LogP contribution in [0.4, 0.5) is 5.69 Å². The molecule has 0 amide bonds. The number of hydrogen-bond donors (Lipinski definition) is 2. The molecule has 1 fully saturated rings. The number of sulfonamides is 1. The standard InChI is InChI=1S/C13H20N2O2S/c1-14-10-11-6-2-5-9-13(11)15-18(16,17)12-7-3-4-8-12/h2,5-6,9,12,14-15H,3-4,7-8,10H2,1H3. The average Bonchev–Trinajstić information content (AvgIpc) is 2.86. The van der Waals surface area contributed by atoms with Crippen molar-refractivity contribution in [2.45, 2.75) is 37.5 Å². The molecule has 1 aromatic carbocycles. The van der Waals surface area contributed by atoms with Crippen molar-refractivity contribution >= 4 is 15.7 Å². The van der Waals surface area contributed by atoms with Crippen LogP contribution in [0, 0.1) is 0 Å². The Kier molecular flexibility index (Phi) is 4.24. The van der Waals surface area contributed by atoms with Crippen molar-refractivity contribution in [3.8, 4) is 0 Å². The average molecular weight is 268 g/mol. The van der Waals surface area contributed by atoms with Crippen molar-refractivity contribution in [2.75, 3.05) is 11.8 Å². The molecule has 0 radical (unpaired) electrons. The maximum Gasteiger partial charge on any atom is 0.235 e. The summed E-state index contributed by atoms with van der Waals surface area (Å²) in [5, 5.41) is 2.82. The Hall–Kier alpha value is -1.07. The molecule has 2 N–H and O–H groups in total. The van der Waals surface area contributed by atoms with E-state index in [1.54, 1.807) is 0 Å². The highest BCUT2D eigenvalue weighted by Gasteiger charge is 2.28. The van der Waals surface area contributed by atoms with Crippen molar-refractivity contribution < 1.29 is 8.42 Å². The second-order valence-electron chi connectivity index (χ2n) is 4.74. The van der Waals surface area contributed by atoms with Gasteiger partial charge in [-0.1, -0.05) is 31.0 Å². The molecule has 1 aromatic rings. The molecule has 1 aliphatic carbocycles. The molecule has 5 heteroatoms. The van der Waals surface area contributed by atoms with Gasteiger partial charge in [0.2, 0.25) is 10.0 Å². The van der Waals surface area contributed by atoms with Gasteiger partial charge in [-0.25, -0.2) is 8.42 Å². The van der Waals surface area contributed by atoms with Crippen molar-refractivity contribution in [2.24, 2.45) is 0 Å². The fraction of sp³-hybridized carbons (Fsp3) is 0.538. The first kappa shape index (κ1) is 13.4. The monoisotopic (exact) mass is 268 g/mol. The predicted octanol–water partition coefficient (Wildman–Crippen LogP) is 2.09. The van der Waals surface area contributed by atoms with E-state index in [-0.39, 0.29) is 5.25 Å². The van der Waals surface area contributed by atoms with Gasteiger partial charge in [0, 0.05) is 6.54 Å². The van der Waals surface area contributed by atoms with Gasteiger partial charge in [0.05, 0.1) is 10.9 Å². The first-order valence-corrected chi connectivity index (χ1v) is 7.92. The van der Waals surface area contributed by atoms with Gasteiger partial charge in [0.25, 0.3) is 0 Å². The molecular formula is C13H20N2O2S. The number of para-hydroxylation sites is 1. The second-order valence-corrected chi connectivity index (χ2v) is 6.70. The highest BCUT2D eigenvalue weighted by molar-refractivity contribution is 7.93. The van der Waals surface area contributed by atoms with Gasteiger partial charge < -0.3 is 5.32 Å². The number of rotatable bonds is 5. The Balaban J connectivity index is 2.17. The summed E-state index contributed by atoms with van der Waals surface area (Å²) in [6.45, 7) is 0.656. The van der Waals surface area contributed by atoms with Gasteiger partial charge in [-0.15, -0.1) is 0 Å². The van der Waals surface area contributed by atoms with E-state index in [1.807, 2.05) is 31.3 Å². The molecule has 2 rings (SSSR count). The Morgan fingerprint density at radius 3 is 2.56 bits per heavy atom. The number of benzene rings is 1. The van der Waals surface area contributed by atoms with Gasteiger partial charge in [0.1, 0.15) is 0 Å². The van der Waals surface area contributed by atoms with E-state index in [4.69, 9.17) is 0 Å². The number of hydrogen-bond acceptors (Lipinski definition) is 3. The molecule has 1 aliphatic rings. The smallest absolute Gasteiger partial charge is 0.235 e. The Morgan fingerprint density at radius 1 is 1.22 bits per heavy atom. The third-order valence-electron chi connectivity index (χ3n) is 3.38. The Morgan fingerprint density at radius 2 is 1.89 bits per heavy atom. The summed E-state index contributed by atoms with van der Waals surface area (Å²) in [7, 11) is -1.38. The topological polar surface area (TPSA) is 58.2 Å². The summed E-state index contributed by atoms with van der Waals surface area (Å²) in [4.78, 5) is 0. The molecule has 0 saturated heterocycles. The maximum absolute atomic E-state index is 12.2. The fourth-order valence-electron chi connectivity index (χ4n) is 2.40. The van der Waals surface area contributed by atoms with Crippen LogP contribution in [0.2, 0.25) is 0 Å². The summed E-state index contributed by atoms with van der Waals surface area (Å²) >= 11 is 0. The van der Waals surface area contributed by atoms with E-state index < -0.39 is 10.0 Å². The van der Waals surface area contributed by atoms with E-state index in [2.05, 4.69) is 10.0 Å². The number of nitrogens with one attached hydrogen (secondary N) is 2. The lowest BCUT2D eigenvalue weighted by Crippen LogP contribution is -2.26. The molecule has 0 spiro atoms. The zero-order valence-electron chi connectivity index (χ0n) is 10.6. The highest BCUT2D eigenvalue weighted by atomic mass is 32.2. The minimum absolute atomic E-state index is 0.222. The predicted molar refractivity (Wildman–Crippen MR) is 74.0 cm³/mol. The van der Waals surface area contributed by atoms with Gasteiger partial charge in [-0.2, -0.15) is 0 Å². The van der Waals surface area contributed by atoms with Crippen molar-refractivity contribution in [3.05, 3.63) is 29.8 Å². The molecule has 0 aliphatic heterocycles. The van der Waals surface area contributed by atoms with Crippen molar-refractivity contribution in [1.29, 1.82) is 0 Å². The lowest BCUT2D eigenvalue weighted by atomic mass is 10.2. The van der Waals surface area contributed by atoms with Crippen molar-refractivity contribution in [3.63, 3.8) is 0 Å². The quantitative estimate of drug-likeness (QED) is 0.859. The van der Waals surface area contributed by atoms with E-state index in [0.717, 1.165) is 31.2 Å². The summed E-state index contributed by atoms with van der Waals surface area (Å²) in [5.41, 5.74) is 1.67. The second kappa shape index (κ2) is 5.71. The van der Waals surface area contributed by atoms with Crippen LogP contribution in [-0.2, 0) is 16.6 Å². The summed E-state index contributed by atoms with van der Waals surface area (Å²) < 4.78 is 27.2. The minimum atomic E-state index is -3.23. The molecule has 1 saturated carbocycles. The largest absolute Gasteiger partial charge is 0.316 e. The number of anilines is 1. The third-order valence-corrected chi connectivity index (χ3v) is 5.23. The zero-order chi connectivity index (χ0) is 13.0. The molecule has 0 bridgehead atoms. The van der Waals surface area contributed by atoms with Gasteiger partial charge in [-0.3, -0.25) is 4.72 Å². The molecule has 4 nitrogen and oxygen atoms in total. The van der Waals surface area contributed by atoms with Crippen LogP contribution in [0.25, 0.3) is 0 Å². The molecule has 18 heavy (non-hydrogen) atoms. The molecule has 0 aromatic heterocycles. The van der Waals surface area contributed by atoms with Crippen LogP contribution in [0.15, 0.2) is 24.3 Å². The lowest BCUT2D eigenvalue weighted by Gasteiger charge is -2.16. The molecule has 0 atom stereocenters. The Bertz CT molecular complexity index is 493. The molecule has 0 unspecified atom stereocenters. The maximum atomic E-state index is 12.2. The van der Waals surface area contributed by atoms with Crippen molar-refractivity contribution in [1.82, 2.24) is 5.32 Å².